The van der Waals surface area contributed by atoms with E-state index in [1.807, 2.05) is 24.3 Å². The van der Waals surface area contributed by atoms with Gasteiger partial charge in [-0.25, -0.2) is 0 Å². The van der Waals surface area contributed by atoms with Crippen LogP contribution in [0.2, 0.25) is 0 Å². The minimum absolute atomic E-state index is 0.580. The van der Waals surface area contributed by atoms with Gasteiger partial charge in [-0.2, -0.15) is 0 Å². The van der Waals surface area contributed by atoms with Crippen LogP contribution in [-0.4, -0.2) is 17.3 Å². The highest BCUT2D eigenvalue weighted by atomic mass is 32.1. The summed E-state index contributed by atoms with van der Waals surface area (Å²) in [5.74, 6) is 1.59. The Kier molecular flexibility index (Phi) is 3.56. The summed E-state index contributed by atoms with van der Waals surface area (Å²) < 4.78 is 11.1. The molecule has 2 heterocycles. The number of benzene rings is 1. The third-order valence-electron chi connectivity index (χ3n) is 2.96. The minimum Gasteiger partial charge on any atom is -0.493 e. The number of para-hydroxylation sites is 1. The zero-order valence-electron chi connectivity index (χ0n) is 11.3. The molecule has 0 radical (unpaired) electrons. The van der Waals surface area contributed by atoms with Gasteiger partial charge < -0.3 is 14.5 Å². The molecule has 0 bridgehead atoms. The first-order chi connectivity index (χ1) is 9.80. The normalized spacial score (nSPS) is 10.9. The molecule has 1 N–H and O–H groups in total. The van der Waals surface area contributed by atoms with Gasteiger partial charge in [-0.3, -0.25) is 0 Å². The fraction of sp³-hybridized carbons (Fsp3) is 0.286. The standard InChI is InChI=1S/C14H15N3O2S/c1-3-12-16-17-14(20-12)15-8-10-7-9-5-4-6-11(18-2)13(9)19-10/h4-7H,3,8H2,1-2H3,(H,15,17). The number of fused-ring (bicyclic) bond motifs is 1. The van der Waals surface area contributed by atoms with Crippen LogP contribution in [0, 0.1) is 0 Å². The van der Waals surface area contributed by atoms with Crippen molar-refractivity contribution in [2.45, 2.75) is 19.9 Å². The summed E-state index contributed by atoms with van der Waals surface area (Å²) in [6, 6.07) is 7.85. The molecule has 6 heteroatoms. The van der Waals surface area contributed by atoms with Crippen molar-refractivity contribution < 1.29 is 9.15 Å². The summed E-state index contributed by atoms with van der Waals surface area (Å²) in [6.07, 6.45) is 0.904. The largest absolute Gasteiger partial charge is 0.493 e. The minimum atomic E-state index is 0.580. The van der Waals surface area contributed by atoms with E-state index >= 15 is 0 Å². The smallest absolute Gasteiger partial charge is 0.206 e. The number of hydrogen-bond donors (Lipinski definition) is 1. The number of nitrogens with one attached hydrogen (secondary N) is 1. The maximum atomic E-state index is 5.81. The van der Waals surface area contributed by atoms with Crippen LogP contribution in [0.3, 0.4) is 0 Å². The van der Waals surface area contributed by atoms with Crippen molar-refractivity contribution in [2.75, 3.05) is 12.4 Å². The maximum Gasteiger partial charge on any atom is 0.206 e. The van der Waals surface area contributed by atoms with Gasteiger partial charge in [-0.1, -0.05) is 30.4 Å². The van der Waals surface area contributed by atoms with E-state index in [0.717, 1.165) is 39.0 Å². The highest BCUT2D eigenvalue weighted by Gasteiger charge is 2.09. The third kappa shape index (κ3) is 2.46. The van der Waals surface area contributed by atoms with Crippen molar-refractivity contribution >= 4 is 27.4 Å². The van der Waals surface area contributed by atoms with E-state index in [9.17, 15) is 0 Å². The second-order valence-corrected chi connectivity index (χ2v) is 5.36. The molecule has 0 aliphatic carbocycles. The Morgan fingerprint density at radius 2 is 2.25 bits per heavy atom. The summed E-state index contributed by atoms with van der Waals surface area (Å²) in [5, 5.41) is 14.3. The van der Waals surface area contributed by atoms with Gasteiger partial charge in [0.05, 0.1) is 13.7 Å². The molecule has 3 aromatic rings. The number of anilines is 1. The van der Waals surface area contributed by atoms with Crippen LogP contribution in [0.5, 0.6) is 5.75 Å². The SMILES string of the molecule is CCc1nnc(NCc2cc3cccc(OC)c3o2)s1. The number of aryl methyl sites for hydroxylation is 1. The van der Waals surface area contributed by atoms with Gasteiger partial charge in [0.1, 0.15) is 10.8 Å². The molecule has 0 amide bonds. The Hall–Kier alpha value is -2.08. The van der Waals surface area contributed by atoms with E-state index in [0.29, 0.717) is 6.54 Å². The molecule has 2 aromatic heterocycles. The summed E-state index contributed by atoms with van der Waals surface area (Å²) in [6.45, 7) is 2.64. The van der Waals surface area contributed by atoms with Crippen molar-refractivity contribution in [3.63, 3.8) is 0 Å². The fourth-order valence-corrected chi connectivity index (χ4v) is 2.64. The van der Waals surface area contributed by atoms with Crippen LogP contribution in [0.25, 0.3) is 11.0 Å². The maximum absolute atomic E-state index is 5.81. The highest BCUT2D eigenvalue weighted by molar-refractivity contribution is 7.15. The first-order valence-electron chi connectivity index (χ1n) is 6.42. The Morgan fingerprint density at radius 3 is 3.00 bits per heavy atom. The lowest BCUT2D eigenvalue weighted by atomic mass is 10.2. The lowest BCUT2D eigenvalue weighted by molar-refractivity contribution is 0.408. The molecule has 5 nitrogen and oxygen atoms in total. The molecule has 0 aliphatic heterocycles. The number of methoxy groups -OCH3 is 1. The molecule has 0 atom stereocenters. The van der Waals surface area contributed by atoms with Crippen molar-refractivity contribution in [2.24, 2.45) is 0 Å². The fourth-order valence-electron chi connectivity index (χ4n) is 1.97. The quantitative estimate of drug-likeness (QED) is 0.779. The predicted octanol–water partition coefficient (Wildman–Crippen LogP) is 3.47. The first kappa shape index (κ1) is 12.9. The van der Waals surface area contributed by atoms with Gasteiger partial charge >= 0.3 is 0 Å². The topological polar surface area (TPSA) is 60.2 Å². The van der Waals surface area contributed by atoms with Crippen molar-refractivity contribution in [3.05, 3.63) is 35.0 Å². The highest BCUT2D eigenvalue weighted by Crippen LogP contribution is 2.28. The molecular weight excluding hydrogens is 274 g/mol. The van der Waals surface area contributed by atoms with Crippen LogP contribution in [0.1, 0.15) is 17.7 Å². The average Bonchev–Trinajstić information content (AvgIpc) is 3.10. The van der Waals surface area contributed by atoms with E-state index in [4.69, 9.17) is 9.15 Å². The van der Waals surface area contributed by atoms with Crippen LogP contribution < -0.4 is 10.1 Å². The van der Waals surface area contributed by atoms with Crippen LogP contribution in [-0.2, 0) is 13.0 Å². The van der Waals surface area contributed by atoms with E-state index in [1.54, 1.807) is 18.4 Å². The third-order valence-corrected chi connectivity index (χ3v) is 3.99. The van der Waals surface area contributed by atoms with Gasteiger partial charge in [0, 0.05) is 5.39 Å². The summed E-state index contributed by atoms with van der Waals surface area (Å²) in [4.78, 5) is 0. The molecular formula is C14H15N3O2S. The van der Waals surface area contributed by atoms with E-state index in [-0.39, 0.29) is 0 Å². The van der Waals surface area contributed by atoms with Gasteiger partial charge in [0.15, 0.2) is 11.3 Å². The van der Waals surface area contributed by atoms with E-state index in [1.165, 1.54) is 0 Å². The zero-order valence-corrected chi connectivity index (χ0v) is 12.2. The van der Waals surface area contributed by atoms with Crippen LogP contribution >= 0.6 is 11.3 Å². The lowest BCUT2D eigenvalue weighted by Crippen LogP contribution is -1.97. The summed E-state index contributed by atoms with van der Waals surface area (Å²) in [7, 11) is 1.64. The van der Waals surface area contributed by atoms with E-state index < -0.39 is 0 Å². The summed E-state index contributed by atoms with van der Waals surface area (Å²) >= 11 is 1.57. The lowest BCUT2D eigenvalue weighted by Gasteiger charge is -1.99. The Balaban J connectivity index is 1.77. The predicted molar refractivity (Wildman–Crippen MR) is 79.4 cm³/mol. The molecule has 104 valence electrons. The number of furan rings is 1. The number of aromatic nitrogens is 2. The Bertz CT molecular complexity index is 720. The van der Waals surface area contributed by atoms with Crippen LogP contribution in [0.4, 0.5) is 5.13 Å². The molecule has 0 fully saturated rings. The number of nitrogens with zero attached hydrogens (tertiary/aromatic N) is 2. The van der Waals surface area contributed by atoms with Crippen molar-refractivity contribution in [1.82, 2.24) is 10.2 Å². The van der Waals surface area contributed by atoms with Gasteiger partial charge in [-0.05, 0) is 18.6 Å². The number of hydrogen-bond acceptors (Lipinski definition) is 6. The van der Waals surface area contributed by atoms with Gasteiger partial charge in [0.2, 0.25) is 5.13 Å². The van der Waals surface area contributed by atoms with Gasteiger partial charge in [0.25, 0.3) is 0 Å². The first-order valence-corrected chi connectivity index (χ1v) is 7.23. The summed E-state index contributed by atoms with van der Waals surface area (Å²) in [5.41, 5.74) is 0.776. The Morgan fingerprint density at radius 1 is 1.35 bits per heavy atom. The number of ether oxygens (including phenoxy) is 1. The molecule has 0 saturated carbocycles. The average molecular weight is 289 g/mol. The van der Waals surface area contributed by atoms with Crippen molar-refractivity contribution in [3.8, 4) is 5.75 Å². The second-order valence-electron chi connectivity index (χ2n) is 4.30. The molecule has 0 spiro atoms. The van der Waals surface area contributed by atoms with Gasteiger partial charge in [-0.15, -0.1) is 10.2 Å². The van der Waals surface area contributed by atoms with Crippen molar-refractivity contribution in [1.29, 1.82) is 0 Å². The molecule has 20 heavy (non-hydrogen) atoms. The molecule has 1 aromatic carbocycles. The molecule has 3 rings (SSSR count). The molecule has 0 unspecified atom stereocenters. The zero-order chi connectivity index (χ0) is 13.9. The molecule has 0 aliphatic rings. The van der Waals surface area contributed by atoms with E-state index in [2.05, 4.69) is 22.4 Å². The van der Waals surface area contributed by atoms with Crippen LogP contribution in [0.15, 0.2) is 28.7 Å². The second kappa shape index (κ2) is 5.50. The Labute approximate surface area is 120 Å². The number of rotatable bonds is 5. The molecule has 0 saturated heterocycles. The monoisotopic (exact) mass is 289 g/mol.